The van der Waals surface area contributed by atoms with Gasteiger partial charge >= 0.3 is 0 Å². The molecule has 88 valence electrons. The topological polar surface area (TPSA) is 60.7 Å². The molecule has 2 aromatic heterocycles. The number of ketones is 1. The van der Waals surface area contributed by atoms with E-state index in [1.165, 1.54) is 6.20 Å². The highest BCUT2D eigenvalue weighted by molar-refractivity contribution is 5.93. The maximum atomic E-state index is 11.8. The molecule has 0 saturated heterocycles. The highest BCUT2D eigenvalue weighted by atomic mass is 16.1. The Hall–Kier alpha value is -2.04. The third-order valence-electron chi connectivity index (χ3n) is 2.60. The van der Waals surface area contributed by atoms with Gasteiger partial charge in [-0.05, 0) is 19.4 Å². The van der Waals surface area contributed by atoms with Crippen molar-refractivity contribution in [2.24, 2.45) is 7.05 Å². The van der Waals surface area contributed by atoms with Gasteiger partial charge in [0.25, 0.3) is 0 Å². The Balaban J connectivity index is 1.98. The van der Waals surface area contributed by atoms with Crippen LogP contribution in [0.25, 0.3) is 0 Å². The fraction of sp³-hybridized carbons (Fsp3) is 0.333. The minimum Gasteiger partial charge on any atom is -0.292 e. The van der Waals surface area contributed by atoms with Crippen molar-refractivity contribution in [3.8, 4) is 0 Å². The van der Waals surface area contributed by atoms with E-state index in [0.29, 0.717) is 18.5 Å². The van der Waals surface area contributed by atoms with Gasteiger partial charge in [0.2, 0.25) is 0 Å². The van der Waals surface area contributed by atoms with E-state index in [1.807, 2.05) is 20.0 Å². The van der Waals surface area contributed by atoms with Crippen LogP contribution in [0.2, 0.25) is 0 Å². The predicted molar refractivity (Wildman–Crippen MR) is 62.6 cm³/mol. The van der Waals surface area contributed by atoms with Crippen molar-refractivity contribution in [2.45, 2.75) is 19.8 Å². The van der Waals surface area contributed by atoms with Crippen molar-refractivity contribution >= 4 is 5.78 Å². The molecule has 2 aromatic rings. The molecule has 2 heterocycles. The van der Waals surface area contributed by atoms with Crippen LogP contribution in [0.3, 0.4) is 0 Å². The number of rotatable bonds is 4. The standard InChI is InChI=1S/C12H14N4O/c1-9-7-14-11(8-13-9)12(17)4-3-10-5-6-15-16(10)2/h5-8H,3-4H2,1-2H3. The number of hydrogen-bond acceptors (Lipinski definition) is 4. The molecule has 0 unspecified atom stereocenters. The second-order valence-electron chi connectivity index (χ2n) is 3.91. The lowest BCUT2D eigenvalue weighted by molar-refractivity contribution is 0.0977. The first-order chi connectivity index (χ1) is 8.16. The molecular formula is C12H14N4O. The fourth-order valence-corrected chi connectivity index (χ4v) is 1.55. The molecule has 0 atom stereocenters. The molecule has 0 spiro atoms. The van der Waals surface area contributed by atoms with Gasteiger partial charge in [-0.1, -0.05) is 0 Å². The Morgan fingerprint density at radius 2 is 2.18 bits per heavy atom. The number of nitrogens with zero attached hydrogens (tertiary/aromatic N) is 4. The molecule has 0 aliphatic carbocycles. The lowest BCUT2D eigenvalue weighted by atomic mass is 10.1. The average molecular weight is 230 g/mol. The number of hydrogen-bond donors (Lipinski definition) is 0. The molecule has 0 aliphatic rings. The summed E-state index contributed by atoms with van der Waals surface area (Å²) < 4.78 is 1.77. The van der Waals surface area contributed by atoms with E-state index in [2.05, 4.69) is 15.1 Å². The monoisotopic (exact) mass is 230 g/mol. The van der Waals surface area contributed by atoms with Gasteiger partial charge in [0, 0.05) is 31.6 Å². The minimum absolute atomic E-state index is 0.0127. The van der Waals surface area contributed by atoms with Crippen LogP contribution in [0, 0.1) is 6.92 Å². The average Bonchev–Trinajstić information content (AvgIpc) is 2.73. The summed E-state index contributed by atoms with van der Waals surface area (Å²) in [6.07, 6.45) is 5.96. The van der Waals surface area contributed by atoms with Crippen LogP contribution in [-0.2, 0) is 13.5 Å². The third-order valence-corrected chi connectivity index (χ3v) is 2.60. The van der Waals surface area contributed by atoms with Gasteiger partial charge in [-0.2, -0.15) is 5.10 Å². The van der Waals surface area contributed by atoms with Crippen LogP contribution in [-0.4, -0.2) is 25.5 Å². The van der Waals surface area contributed by atoms with Gasteiger partial charge in [0.05, 0.1) is 11.9 Å². The Labute approximate surface area is 99.5 Å². The summed E-state index contributed by atoms with van der Waals surface area (Å²) in [5.74, 6) is 0.0127. The summed E-state index contributed by atoms with van der Waals surface area (Å²) in [5.41, 5.74) is 2.28. The zero-order chi connectivity index (χ0) is 12.3. The van der Waals surface area contributed by atoms with Gasteiger partial charge in [-0.15, -0.1) is 0 Å². The Morgan fingerprint density at radius 1 is 1.35 bits per heavy atom. The highest BCUT2D eigenvalue weighted by Gasteiger charge is 2.09. The lowest BCUT2D eigenvalue weighted by Gasteiger charge is -2.01. The van der Waals surface area contributed by atoms with Gasteiger partial charge in [-0.3, -0.25) is 14.5 Å². The largest absolute Gasteiger partial charge is 0.292 e. The van der Waals surface area contributed by atoms with Crippen molar-refractivity contribution in [3.05, 3.63) is 41.7 Å². The van der Waals surface area contributed by atoms with Crippen LogP contribution in [0.4, 0.5) is 0 Å². The maximum Gasteiger partial charge on any atom is 0.183 e. The molecule has 0 amide bonds. The molecule has 2 rings (SSSR count). The predicted octanol–water partition coefficient (Wildman–Crippen LogP) is 1.33. The van der Waals surface area contributed by atoms with Gasteiger partial charge < -0.3 is 0 Å². The third kappa shape index (κ3) is 2.75. The van der Waals surface area contributed by atoms with Crippen LogP contribution in [0.15, 0.2) is 24.7 Å². The van der Waals surface area contributed by atoms with E-state index in [9.17, 15) is 4.79 Å². The molecule has 17 heavy (non-hydrogen) atoms. The van der Waals surface area contributed by atoms with Gasteiger partial charge in [0.15, 0.2) is 5.78 Å². The van der Waals surface area contributed by atoms with Crippen molar-refractivity contribution in [1.82, 2.24) is 19.7 Å². The van der Waals surface area contributed by atoms with Crippen molar-refractivity contribution in [1.29, 1.82) is 0 Å². The van der Waals surface area contributed by atoms with Crippen molar-refractivity contribution in [3.63, 3.8) is 0 Å². The molecule has 0 radical (unpaired) electrons. The fourth-order valence-electron chi connectivity index (χ4n) is 1.55. The van der Waals surface area contributed by atoms with Gasteiger partial charge in [0.1, 0.15) is 5.69 Å². The van der Waals surface area contributed by atoms with Crippen molar-refractivity contribution < 1.29 is 4.79 Å². The summed E-state index contributed by atoms with van der Waals surface area (Å²) in [7, 11) is 1.87. The molecule has 0 N–H and O–H groups in total. The number of aromatic nitrogens is 4. The zero-order valence-corrected chi connectivity index (χ0v) is 9.92. The summed E-state index contributed by atoms with van der Waals surface area (Å²) in [6, 6.07) is 1.91. The Bertz CT molecular complexity index is 516. The van der Waals surface area contributed by atoms with E-state index in [-0.39, 0.29) is 5.78 Å². The number of carbonyl (C=O) groups excluding carboxylic acids is 1. The van der Waals surface area contributed by atoms with Crippen LogP contribution in [0.5, 0.6) is 0 Å². The lowest BCUT2D eigenvalue weighted by Crippen LogP contribution is -2.07. The minimum atomic E-state index is 0.0127. The molecule has 0 fully saturated rings. The molecule has 0 aromatic carbocycles. The molecular weight excluding hydrogens is 216 g/mol. The summed E-state index contributed by atoms with van der Waals surface area (Å²) in [5, 5.41) is 4.06. The quantitative estimate of drug-likeness (QED) is 0.743. The van der Waals surface area contributed by atoms with Crippen LogP contribution >= 0.6 is 0 Å². The number of aryl methyl sites for hydroxylation is 3. The summed E-state index contributed by atoms with van der Waals surface area (Å²) >= 11 is 0. The van der Waals surface area contributed by atoms with E-state index in [4.69, 9.17) is 0 Å². The second kappa shape index (κ2) is 4.86. The van der Waals surface area contributed by atoms with Crippen molar-refractivity contribution in [2.75, 3.05) is 0 Å². The van der Waals surface area contributed by atoms with E-state index in [1.54, 1.807) is 17.1 Å². The summed E-state index contributed by atoms with van der Waals surface area (Å²) in [4.78, 5) is 20.0. The van der Waals surface area contributed by atoms with E-state index < -0.39 is 0 Å². The Morgan fingerprint density at radius 3 is 2.76 bits per heavy atom. The highest BCUT2D eigenvalue weighted by Crippen LogP contribution is 2.05. The summed E-state index contributed by atoms with van der Waals surface area (Å²) in [6.45, 7) is 1.84. The molecule has 0 aliphatic heterocycles. The van der Waals surface area contributed by atoms with E-state index in [0.717, 1.165) is 11.4 Å². The maximum absolute atomic E-state index is 11.8. The molecule has 0 bridgehead atoms. The van der Waals surface area contributed by atoms with Crippen LogP contribution < -0.4 is 0 Å². The van der Waals surface area contributed by atoms with Gasteiger partial charge in [-0.25, -0.2) is 4.98 Å². The Kier molecular flexibility index (Phi) is 3.27. The second-order valence-corrected chi connectivity index (χ2v) is 3.91. The number of carbonyl (C=O) groups is 1. The molecule has 5 heteroatoms. The molecule has 5 nitrogen and oxygen atoms in total. The van der Waals surface area contributed by atoms with E-state index >= 15 is 0 Å². The number of Topliss-reactive ketones (excluding diaryl/α,β-unsaturated/α-hetero) is 1. The zero-order valence-electron chi connectivity index (χ0n) is 9.92. The first-order valence-electron chi connectivity index (χ1n) is 5.45. The smallest absolute Gasteiger partial charge is 0.183 e. The first kappa shape index (κ1) is 11.4. The first-order valence-corrected chi connectivity index (χ1v) is 5.45. The SMILES string of the molecule is Cc1cnc(C(=O)CCc2ccnn2C)cn1. The molecule has 0 saturated carbocycles. The normalized spacial score (nSPS) is 10.5. The van der Waals surface area contributed by atoms with Crippen LogP contribution in [0.1, 0.15) is 28.3 Å².